The third kappa shape index (κ3) is 5.50. The van der Waals surface area contributed by atoms with Crippen molar-refractivity contribution in [3.63, 3.8) is 0 Å². The highest BCUT2D eigenvalue weighted by molar-refractivity contribution is 5.83. The second kappa shape index (κ2) is 7.28. The van der Waals surface area contributed by atoms with Gasteiger partial charge in [0.05, 0.1) is 6.61 Å². The Morgan fingerprint density at radius 2 is 2.14 bits per heavy atom. The van der Waals surface area contributed by atoms with E-state index < -0.39 is 17.9 Å². The first-order chi connectivity index (χ1) is 6.61. The van der Waals surface area contributed by atoms with Gasteiger partial charge in [0, 0.05) is 26.6 Å². The molecule has 0 aliphatic heterocycles. The first-order valence-corrected chi connectivity index (χ1v) is 4.23. The van der Waals surface area contributed by atoms with Gasteiger partial charge in [0.2, 0.25) is 5.91 Å². The molecule has 0 aromatic heterocycles. The number of carbonyl (C=O) groups is 2. The average Bonchev–Trinajstić information content (AvgIpc) is 2.14. The number of amides is 1. The standard InChI is InChI=1S/C8H15NO5/c1-14-5-3-7(11)9-6(2-4-10)8(12)13/h6,10H,2-5H2,1H3,(H,9,11)(H,12,13)/t6-/m0/s1. The summed E-state index contributed by atoms with van der Waals surface area (Å²) in [5.41, 5.74) is 0. The van der Waals surface area contributed by atoms with Gasteiger partial charge < -0.3 is 20.3 Å². The van der Waals surface area contributed by atoms with Crippen molar-refractivity contribution in [2.45, 2.75) is 18.9 Å². The molecule has 0 heterocycles. The van der Waals surface area contributed by atoms with Gasteiger partial charge in [-0.15, -0.1) is 0 Å². The molecular weight excluding hydrogens is 190 g/mol. The number of carboxylic acid groups (broad SMARTS) is 1. The van der Waals surface area contributed by atoms with E-state index >= 15 is 0 Å². The topological polar surface area (TPSA) is 95.9 Å². The van der Waals surface area contributed by atoms with E-state index in [0.29, 0.717) is 0 Å². The van der Waals surface area contributed by atoms with Crippen LogP contribution in [0, 0.1) is 0 Å². The van der Waals surface area contributed by atoms with E-state index in [0.717, 1.165) is 0 Å². The zero-order chi connectivity index (χ0) is 11.0. The van der Waals surface area contributed by atoms with Crippen molar-refractivity contribution >= 4 is 11.9 Å². The quantitative estimate of drug-likeness (QED) is 0.494. The third-order valence-corrected chi connectivity index (χ3v) is 1.58. The molecule has 3 N–H and O–H groups in total. The van der Waals surface area contributed by atoms with E-state index in [4.69, 9.17) is 10.2 Å². The highest BCUT2D eigenvalue weighted by atomic mass is 16.5. The van der Waals surface area contributed by atoms with E-state index in [1.54, 1.807) is 0 Å². The van der Waals surface area contributed by atoms with Crippen LogP contribution in [0.2, 0.25) is 0 Å². The Kier molecular flexibility index (Phi) is 6.69. The molecule has 0 saturated carbocycles. The highest BCUT2D eigenvalue weighted by Crippen LogP contribution is 1.92. The number of aliphatic carboxylic acids is 1. The number of aliphatic hydroxyl groups is 1. The molecule has 0 radical (unpaired) electrons. The number of carboxylic acids is 1. The minimum absolute atomic E-state index is 0.00799. The van der Waals surface area contributed by atoms with Crippen LogP contribution < -0.4 is 5.32 Å². The number of hydrogen-bond donors (Lipinski definition) is 3. The van der Waals surface area contributed by atoms with Gasteiger partial charge in [0.15, 0.2) is 0 Å². The second-order valence-electron chi connectivity index (χ2n) is 2.71. The summed E-state index contributed by atoms with van der Waals surface area (Å²) in [5.74, 6) is -1.54. The molecule has 1 amide bonds. The average molecular weight is 205 g/mol. The van der Waals surface area contributed by atoms with Crippen LogP contribution in [0.4, 0.5) is 0 Å². The summed E-state index contributed by atoms with van der Waals surface area (Å²) in [7, 11) is 1.45. The molecular formula is C8H15NO5. The summed E-state index contributed by atoms with van der Waals surface area (Å²) in [4.78, 5) is 21.6. The van der Waals surface area contributed by atoms with Crippen LogP contribution in [-0.2, 0) is 14.3 Å². The summed E-state index contributed by atoms with van der Waals surface area (Å²) in [5, 5.41) is 19.4. The minimum atomic E-state index is -1.15. The van der Waals surface area contributed by atoms with E-state index in [1.807, 2.05) is 0 Å². The fourth-order valence-electron chi connectivity index (χ4n) is 0.848. The van der Waals surface area contributed by atoms with Crippen molar-refractivity contribution < 1.29 is 24.5 Å². The van der Waals surface area contributed by atoms with Crippen LogP contribution >= 0.6 is 0 Å². The van der Waals surface area contributed by atoms with Crippen molar-refractivity contribution in [3.05, 3.63) is 0 Å². The molecule has 0 bridgehead atoms. The lowest BCUT2D eigenvalue weighted by molar-refractivity contribution is -0.142. The normalized spacial score (nSPS) is 12.1. The first kappa shape index (κ1) is 12.9. The Morgan fingerprint density at radius 1 is 1.50 bits per heavy atom. The molecule has 14 heavy (non-hydrogen) atoms. The van der Waals surface area contributed by atoms with Gasteiger partial charge >= 0.3 is 5.97 Å². The van der Waals surface area contributed by atoms with Gasteiger partial charge in [-0.2, -0.15) is 0 Å². The summed E-state index contributed by atoms with van der Waals surface area (Å²) in [6.07, 6.45) is 0.125. The van der Waals surface area contributed by atoms with Crippen molar-refractivity contribution in [2.24, 2.45) is 0 Å². The molecule has 0 unspecified atom stereocenters. The Balaban J connectivity index is 3.90. The van der Waals surface area contributed by atoms with Crippen LogP contribution in [0.15, 0.2) is 0 Å². The van der Waals surface area contributed by atoms with Gasteiger partial charge in [-0.3, -0.25) is 4.79 Å². The van der Waals surface area contributed by atoms with Crippen molar-refractivity contribution in [1.29, 1.82) is 0 Å². The van der Waals surface area contributed by atoms with Crippen LogP contribution in [0.5, 0.6) is 0 Å². The molecule has 0 aliphatic rings. The van der Waals surface area contributed by atoms with Crippen LogP contribution in [-0.4, -0.2) is 48.5 Å². The molecule has 1 atom stereocenters. The van der Waals surface area contributed by atoms with Gasteiger partial charge in [-0.1, -0.05) is 0 Å². The number of ether oxygens (including phenoxy) is 1. The zero-order valence-corrected chi connectivity index (χ0v) is 8.02. The van der Waals surface area contributed by atoms with E-state index in [2.05, 4.69) is 10.1 Å². The maximum Gasteiger partial charge on any atom is 0.326 e. The summed E-state index contributed by atoms with van der Waals surface area (Å²) in [6, 6.07) is -1.02. The van der Waals surface area contributed by atoms with Gasteiger partial charge in [-0.25, -0.2) is 4.79 Å². The predicted octanol–water partition coefficient (Wildman–Crippen LogP) is -1.03. The van der Waals surface area contributed by atoms with Crippen LogP contribution in [0.25, 0.3) is 0 Å². The maximum atomic E-state index is 11.1. The first-order valence-electron chi connectivity index (χ1n) is 4.23. The lowest BCUT2D eigenvalue weighted by Gasteiger charge is -2.12. The van der Waals surface area contributed by atoms with Crippen molar-refractivity contribution in [3.8, 4) is 0 Å². The van der Waals surface area contributed by atoms with E-state index in [-0.39, 0.29) is 26.1 Å². The SMILES string of the molecule is COCCC(=O)N[C@@H](CCO)C(=O)O. The predicted molar refractivity (Wildman–Crippen MR) is 47.8 cm³/mol. The number of nitrogens with one attached hydrogen (secondary N) is 1. The summed E-state index contributed by atoms with van der Waals surface area (Å²) >= 11 is 0. The van der Waals surface area contributed by atoms with Gasteiger partial charge in [-0.05, 0) is 0 Å². The highest BCUT2D eigenvalue weighted by Gasteiger charge is 2.18. The number of hydrogen-bond acceptors (Lipinski definition) is 4. The number of aliphatic hydroxyl groups excluding tert-OH is 1. The third-order valence-electron chi connectivity index (χ3n) is 1.58. The van der Waals surface area contributed by atoms with Crippen molar-refractivity contribution in [1.82, 2.24) is 5.32 Å². The molecule has 0 aromatic rings. The molecule has 82 valence electrons. The maximum absolute atomic E-state index is 11.1. The summed E-state index contributed by atoms with van der Waals surface area (Å²) in [6.45, 7) is -0.0289. The fraction of sp³-hybridized carbons (Fsp3) is 0.750. The fourth-order valence-corrected chi connectivity index (χ4v) is 0.848. The monoisotopic (exact) mass is 205 g/mol. The largest absolute Gasteiger partial charge is 0.480 e. The molecule has 0 spiro atoms. The molecule has 0 fully saturated rings. The van der Waals surface area contributed by atoms with Gasteiger partial charge in [0.1, 0.15) is 6.04 Å². The zero-order valence-electron chi connectivity index (χ0n) is 8.02. The second-order valence-corrected chi connectivity index (χ2v) is 2.71. The van der Waals surface area contributed by atoms with E-state index in [9.17, 15) is 9.59 Å². The molecule has 0 aliphatic carbocycles. The molecule has 6 nitrogen and oxygen atoms in total. The molecule has 0 rings (SSSR count). The summed E-state index contributed by atoms with van der Waals surface area (Å²) < 4.78 is 4.66. The van der Waals surface area contributed by atoms with E-state index in [1.165, 1.54) is 7.11 Å². The Hall–Kier alpha value is -1.14. The van der Waals surface area contributed by atoms with Crippen molar-refractivity contribution in [2.75, 3.05) is 20.3 Å². The van der Waals surface area contributed by atoms with Crippen LogP contribution in [0.1, 0.15) is 12.8 Å². The number of carbonyl (C=O) groups excluding carboxylic acids is 1. The Bertz CT molecular complexity index is 194. The smallest absolute Gasteiger partial charge is 0.326 e. The molecule has 0 aromatic carbocycles. The van der Waals surface area contributed by atoms with Crippen LogP contribution in [0.3, 0.4) is 0 Å². The Labute approximate surface area is 81.9 Å². The molecule has 0 saturated heterocycles. The Morgan fingerprint density at radius 3 is 2.57 bits per heavy atom. The molecule has 6 heteroatoms. The lowest BCUT2D eigenvalue weighted by atomic mass is 10.2. The minimum Gasteiger partial charge on any atom is -0.480 e. The lowest BCUT2D eigenvalue weighted by Crippen LogP contribution is -2.41. The van der Waals surface area contributed by atoms with Gasteiger partial charge in [0.25, 0.3) is 0 Å². The number of rotatable bonds is 7. The number of methoxy groups -OCH3 is 1.